The average Bonchev–Trinajstić information content (AvgIpc) is 2.49. The molecule has 0 saturated heterocycles. The molecule has 1 aromatic heterocycles. The average molecular weight is 258 g/mol. The van der Waals surface area contributed by atoms with Gasteiger partial charge in [-0.1, -0.05) is 6.08 Å². The van der Waals surface area contributed by atoms with E-state index in [1.807, 2.05) is 10.6 Å². The van der Waals surface area contributed by atoms with Crippen LogP contribution in [0.2, 0.25) is 0 Å². The maximum Gasteiger partial charge on any atom is 0.337 e. The first-order chi connectivity index (χ1) is 6.65. The number of hydrogen-bond donors (Lipinski definition) is 1. The maximum atomic E-state index is 10.6. The predicted molar refractivity (Wildman–Crippen MR) is 58.5 cm³/mol. The molecule has 0 aromatic carbocycles. The van der Waals surface area contributed by atoms with Crippen molar-refractivity contribution in [1.29, 1.82) is 0 Å². The number of carbonyl (C=O) groups is 1. The quantitative estimate of drug-likeness (QED) is 0.651. The van der Waals surface area contributed by atoms with Gasteiger partial charge in [0, 0.05) is 12.7 Å². The van der Waals surface area contributed by atoms with E-state index in [0.29, 0.717) is 5.56 Å². The summed E-state index contributed by atoms with van der Waals surface area (Å²) in [5.74, 6) is -0.895. The number of carboxylic acids is 1. The molecule has 1 aromatic rings. The summed E-state index contributed by atoms with van der Waals surface area (Å²) in [7, 11) is 0. The van der Waals surface area contributed by atoms with Crippen molar-refractivity contribution < 1.29 is 9.90 Å². The zero-order valence-electron chi connectivity index (χ0n) is 7.74. The van der Waals surface area contributed by atoms with E-state index in [2.05, 4.69) is 22.5 Å². The summed E-state index contributed by atoms with van der Waals surface area (Å²) in [5, 5.41) is 8.74. The smallest absolute Gasteiger partial charge is 0.337 e. The molecule has 0 amide bonds. The van der Waals surface area contributed by atoms with Gasteiger partial charge in [-0.2, -0.15) is 0 Å². The monoisotopic (exact) mass is 257 g/mol. The van der Waals surface area contributed by atoms with E-state index in [4.69, 9.17) is 5.11 Å². The van der Waals surface area contributed by atoms with Crippen LogP contribution in [0.3, 0.4) is 0 Å². The number of halogens is 1. The second-order valence-corrected chi connectivity index (χ2v) is 3.79. The number of aromatic nitrogens is 1. The molecule has 3 nitrogen and oxygen atoms in total. The van der Waals surface area contributed by atoms with Crippen molar-refractivity contribution in [2.24, 2.45) is 0 Å². The van der Waals surface area contributed by atoms with Crippen molar-refractivity contribution in [3.05, 3.63) is 35.1 Å². The summed E-state index contributed by atoms with van der Waals surface area (Å²) in [6.07, 6.45) is 5.40. The van der Waals surface area contributed by atoms with Gasteiger partial charge in [-0.15, -0.1) is 6.58 Å². The van der Waals surface area contributed by atoms with Crippen molar-refractivity contribution >= 4 is 21.9 Å². The summed E-state index contributed by atoms with van der Waals surface area (Å²) < 4.78 is 2.69. The standard InChI is InChI=1S/C10H12BrNO2/c1-2-3-4-5-12-7-8(10(13)14)6-9(12)11/h2,6-7H,1,3-5H2,(H,13,14). The van der Waals surface area contributed by atoms with Crippen LogP contribution in [0.4, 0.5) is 0 Å². The van der Waals surface area contributed by atoms with Crippen LogP contribution in [-0.2, 0) is 6.54 Å². The van der Waals surface area contributed by atoms with Crippen LogP contribution in [0.1, 0.15) is 23.2 Å². The summed E-state index contributed by atoms with van der Waals surface area (Å²) in [6, 6.07) is 1.61. The predicted octanol–water partition coefficient (Wildman–Crippen LogP) is 2.92. The molecule has 14 heavy (non-hydrogen) atoms. The summed E-state index contributed by atoms with van der Waals surface area (Å²) in [6.45, 7) is 4.44. The van der Waals surface area contributed by atoms with E-state index < -0.39 is 5.97 Å². The molecule has 1 N–H and O–H groups in total. The van der Waals surface area contributed by atoms with E-state index in [9.17, 15) is 4.79 Å². The summed E-state index contributed by atoms with van der Waals surface area (Å²) in [5.41, 5.74) is 0.315. The van der Waals surface area contributed by atoms with E-state index in [-0.39, 0.29) is 0 Å². The van der Waals surface area contributed by atoms with Crippen molar-refractivity contribution in [2.75, 3.05) is 0 Å². The third-order valence-electron chi connectivity index (χ3n) is 1.90. The lowest BCUT2D eigenvalue weighted by molar-refractivity contribution is 0.0697. The Labute approximate surface area is 91.2 Å². The summed E-state index contributed by atoms with van der Waals surface area (Å²) in [4.78, 5) is 10.6. The van der Waals surface area contributed by atoms with Gasteiger partial charge in [-0.3, -0.25) is 0 Å². The number of hydrogen-bond acceptors (Lipinski definition) is 1. The SMILES string of the molecule is C=CCCCn1cc(C(=O)O)cc1Br. The van der Waals surface area contributed by atoms with E-state index in [0.717, 1.165) is 24.0 Å². The fourth-order valence-electron chi connectivity index (χ4n) is 1.17. The highest BCUT2D eigenvalue weighted by molar-refractivity contribution is 9.10. The van der Waals surface area contributed by atoms with Crippen LogP contribution in [-0.4, -0.2) is 15.6 Å². The van der Waals surface area contributed by atoms with Crippen LogP contribution < -0.4 is 0 Å². The van der Waals surface area contributed by atoms with Gasteiger partial charge in [-0.05, 0) is 34.8 Å². The van der Waals surface area contributed by atoms with Crippen LogP contribution in [0.15, 0.2) is 29.5 Å². The molecule has 0 saturated carbocycles. The Balaban J connectivity index is 2.67. The number of nitrogens with zero attached hydrogens (tertiary/aromatic N) is 1. The Hall–Kier alpha value is -1.03. The van der Waals surface area contributed by atoms with Crippen molar-refractivity contribution in [3.8, 4) is 0 Å². The van der Waals surface area contributed by atoms with Crippen molar-refractivity contribution in [1.82, 2.24) is 4.57 Å². The van der Waals surface area contributed by atoms with Gasteiger partial charge < -0.3 is 9.67 Å². The highest BCUT2D eigenvalue weighted by Crippen LogP contribution is 2.16. The third-order valence-corrected chi connectivity index (χ3v) is 2.58. The molecular formula is C10H12BrNO2. The molecule has 0 aliphatic rings. The van der Waals surface area contributed by atoms with Gasteiger partial charge in [0.2, 0.25) is 0 Å². The van der Waals surface area contributed by atoms with Crippen LogP contribution >= 0.6 is 15.9 Å². The Morgan fingerprint density at radius 1 is 1.71 bits per heavy atom. The molecule has 0 aliphatic carbocycles. The Morgan fingerprint density at radius 2 is 2.43 bits per heavy atom. The molecule has 0 radical (unpaired) electrons. The highest BCUT2D eigenvalue weighted by Gasteiger charge is 2.08. The van der Waals surface area contributed by atoms with Crippen molar-refractivity contribution in [2.45, 2.75) is 19.4 Å². The number of carboxylic acid groups (broad SMARTS) is 1. The molecular weight excluding hydrogens is 246 g/mol. The van der Waals surface area contributed by atoms with Gasteiger partial charge in [0.1, 0.15) is 0 Å². The zero-order chi connectivity index (χ0) is 10.6. The largest absolute Gasteiger partial charge is 0.478 e. The molecule has 76 valence electrons. The minimum Gasteiger partial charge on any atom is -0.478 e. The fourth-order valence-corrected chi connectivity index (χ4v) is 1.70. The Morgan fingerprint density at radius 3 is 2.93 bits per heavy atom. The molecule has 0 bridgehead atoms. The molecule has 0 aliphatic heterocycles. The lowest BCUT2D eigenvalue weighted by atomic mass is 10.3. The zero-order valence-corrected chi connectivity index (χ0v) is 9.33. The lowest BCUT2D eigenvalue weighted by Gasteiger charge is -2.02. The maximum absolute atomic E-state index is 10.6. The molecule has 0 unspecified atom stereocenters. The topological polar surface area (TPSA) is 42.2 Å². The first kappa shape index (κ1) is 11.0. The number of allylic oxidation sites excluding steroid dienone is 1. The number of aryl methyl sites for hydroxylation is 1. The van der Waals surface area contributed by atoms with Gasteiger partial charge in [-0.25, -0.2) is 4.79 Å². The van der Waals surface area contributed by atoms with Gasteiger partial charge >= 0.3 is 5.97 Å². The van der Waals surface area contributed by atoms with Gasteiger partial charge in [0.15, 0.2) is 0 Å². The first-order valence-corrected chi connectivity index (χ1v) is 5.14. The second-order valence-electron chi connectivity index (χ2n) is 2.98. The Bertz CT molecular complexity index is 344. The third kappa shape index (κ3) is 2.73. The molecule has 1 heterocycles. The van der Waals surface area contributed by atoms with Crippen LogP contribution in [0.5, 0.6) is 0 Å². The minimum atomic E-state index is -0.895. The first-order valence-electron chi connectivity index (χ1n) is 4.35. The molecule has 0 atom stereocenters. The minimum absolute atomic E-state index is 0.315. The highest BCUT2D eigenvalue weighted by atomic mass is 79.9. The van der Waals surface area contributed by atoms with Gasteiger partial charge in [0.25, 0.3) is 0 Å². The van der Waals surface area contributed by atoms with Crippen LogP contribution in [0, 0.1) is 0 Å². The number of unbranched alkanes of at least 4 members (excludes halogenated alkanes) is 1. The van der Waals surface area contributed by atoms with Crippen LogP contribution in [0.25, 0.3) is 0 Å². The molecule has 4 heteroatoms. The normalized spacial score (nSPS) is 10.1. The molecule has 1 rings (SSSR count). The van der Waals surface area contributed by atoms with E-state index >= 15 is 0 Å². The second kappa shape index (κ2) is 5.00. The van der Waals surface area contributed by atoms with Crippen molar-refractivity contribution in [3.63, 3.8) is 0 Å². The van der Waals surface area contributed by atoms with Gasteiger partial charge in [0.05, 0.1) is 10.2 Å². The van der Waals surface area contributed by atoms with E-state index in [1.165, 1.54) is 0 Å². The summed E-state index contributed by atoms with van der Waals surface area (Å²) >= 11 is 3.31. The van der Waals surface area contributed by atoms with E-state index in [1.54, 1.807) is 12.3 Å². The number of aromatic carboxylic acids is 1. The lowest BCUT2D eigenvalue weighted by Crippen LogP contribution is -1.97. The number of rotatable bonds is 5. The molecule has 0 spiro atoms. The molecule has 0 fully saturated rings. The fraction of sp³-hybridized carbons (Fsp3) is 0.300. The Kier molecular flexibility index (Phi) is 3.95.